The van der Waals surface area contributed by atoms with Crippen LogP contribution in [0.5, 0.6) is 5.75 Å². The summed E-state index contributed by atoms with van der Waals surface area (Å²) in [5.41, 5.74) is 0. The van der Waals surface area contributed by atoms with Gasteiger partial charge in [0.1, 0.15) is 12.4 Å². The molecule has 0 amide bonds. The summed E-state index contributed by atoms with van der Waals surface area (Å²) in [6, 6.07) is 4.12. The smallest absolute Gasteiger partial charge is 0.191 e. The third-order valence-electron chi connectivity index (χ3n) is 2.89. The highest BCUT2D eigenvalue weighted by Crippen LogP contribution is 2.05. The predicted octanol–water partition coefficient (Wildman–Crippen LogP) is 1.67. The highest BCUT2D eigenvalue weighted by Gasteiger charge is 2.08. The number of guanidine groups is 1. The van der Waals surface area contributed by atoms with E-state index in [0.29, 0.717) is 25.1 Å². The second kappa shape index (κ2) is 8.34. The average Bonchev–Trinajstić information content (AvgIpc) is 2.43. The van der Waals surface area contributed by atoms with Gasteiger partial charge in [0.05, 0.1) is 12.7 Å². The molecular weight excluding hydrogens is 240 g/mol. The van der Waals surface area contributed by atoms with Crippen LogP contribution in [0.25, 0.3) is 0 Å². The first-order chi connectivity index (χ1) is 9.13. The van der Waals surface area contributed by atoms with Crippen molar-refractivity contribution < 1.29 is 4.74 Å². The zero-order valence-electron chi connectivity index (χ0n) is 12.2. The third kappa shape index (κ3) is 6.08. The topological polar surface area (TPSA) is 58.5 Å². The van der Waals surface area contributed by atoms with E-state index >= 15 is 0 Å². The van der Waals surface area contributed by atoms with Crippen molar-refractivity contribution in [2.45, 2.75) is 26.8 Å². The average molecular weight is 264 g/mol. The summed E-state index contributed by atoms with van der Waals surface area (Å²) in [5, 5.41) is 6.55. The Kier molecular flexibility index (Phi) is 6.71. The van der Waals surface area contributed by atoms with Crippen molar-refractivity contribution in [2.75, 3.05) is 20.2 Å². The lowest BCUT2D eigenvalue weighted by Gasteiger charge is -2.20. The molecule has 0 saturated carbocycles. The van der Waals surface area contributed by atoms with Crippen LogP contribution in [-0.4, -0.2) is 37.2 Å². The Balaban J connectivity index is 2.23. The van der Waals surface area contributed by atoms with E-state index in [9.17, 15) is 0 Å². The maximum atomic E-state index is 5.55. The lowest BCUT2D eigenvalue weighted by molar-refractivity contribution is 0.320. The van der Waals surface area contributed by atoms with Gasteiger partial charge in [-0.3, -0.25) is 9.98 Å². The molecule has 2 N–H and O–H groups in total. The number of pyridine rings is 1. The van der Waals surface area contributed by atoms with Crippen molar-refractivity contribution in [2.24, 2.45) is 10.9 Å². The molecule has 0 radical (unpaired) electrons. The molecule has 0 aliphatic carbocycles. The minimum Gasteiger partial charge on any atom is -0.490 e. The normalized spacial score (nSPS) is 13.2. The summed E-state index contributed by atoms with van der Waals surface area (Å²) in [6.45, 7) is 7.76. The predicted molar refractivity (Wildman–Crippen MR) is 78.5 cm³/mol. The summed E-state index contributed by atoms with van der Waals surface area (Å²) in [7, 11) is 1.77. The maximum Gasteiger partial charge on any atom is 0.191 e. The van der Waals surface area contributed by atoms with Gasteiger partial charge in [-0.05, 0) is 25.0 Å². The van der Waals surface area contributed by atoms with Crippen LogP contribution in [-0.2, 0) is 0 Å². The van der Waals surface area contributed by atoms with Gasteiger partial charge in [-0.1, -0.05) is 13.8 Å². The van der Waals surface area contributed by atoms with Crippen LogP contribution < -0.4 is 15.4 Å². The number of hydrogen-bond acceptors (Lipinski definition) is 3. The minimum atomic E-state index is 0.380. The Morgan fingerprint density at radius 2 is 2.21 bits per heavy atom. The van der Waals surface area contributed by atoms with Crippen LogP contribution in [0, 0.1) is 5.92 Å². The lowest BCUT2D eigenvalue weighted by atomic mass is 10.1. The zero-order valence-corrected chi connectivity index (χ0v) is 12.2. The number of nitrogens with zero attached hydrogens (tertiary/aromatic N) is 2. The Hall–Kier alpha value is -1.78. The molecule has 106 valence electrons. The molecular formula is C14H24N4O. The van der Waals surface area contributed by atoms with Gasteiger partial charge < -0.3 is 15.4 Å². The molecule has 0 aromatic carbocycles. The molecule has 1 rings (SSSR count). The summed E-state index contributed by atoms with van der Waals surface area (Å²) in [5.74, 6) is 2.14. The van der Waals surface area contributed by atoms with Gasteiger partial charge in [0.25, 0.3) is 0 Å². The Labute approximate surface area is 115 Å². The molecule has 1 aromatic rings. The summed E-state index contributed by atoms with van der Waals surface area (Å²) in [4.78, 5) is 8.17. The summed E-state index contributed by atoms with van der Waals surface area (Å²) in [6.07, 6.45) is 3.43. The molecule has 1 heterocycles. The number of rotatable bonds is 6. The molecule has 0 aliphatic rings. The number of ether oxygens (including phenoxy) is 1. The highest BCUT2D eigenvalue weighted by molar-refractivity contribution is 5.79. The van der Waals surface area contributed by atoms with E-state index in [-0.39, 0.29) is 0 Å². The van der Waals surface area contributed by atoms with Crippen LogP contribution in [0.15, 0.2) is 29.5 Å². The van der Waals surface area contributed by atoms with Crippen molar-refractivity contribution in [3.8, 4) is 5.75 Å². The molecule has 0 spiro atoms. The van der Waals surface area contributed by atoms with E-state index < -0.39 is 0 Å². The van der Waals surface area contributed by atoms with E-state index in [0.717, 1.165) is 11.7 Å². The standard InChI is InChI=1S/C14H24N4O/c1-11(2)12(3)18-14(15-4)17-8-9-19-13-6-5-7-16-10-13/h5-7,10-12H,8-9H2,1-4H3,(H2,15,17,18). The van der Waals surface area contributed by atoms with Crippen molar-refractivity contribution >= 4 is 5.96 Å². The Bertz CT molecular complexity index is 378. The molecule has 0 bridgehead atoms. The SMILES string of the molecule is CN=C(NCCOc1cccnc1)NC(C)C(C)C. The van der Waals surface area contributed by atoms with Crippen LogP contribution in [0.4, 0.5) is 0 Å². The molecule has 5 heteroatoms. The first kappa shape index (κ1) is 15.3. The number of nitrogens with one attached hydrogen (secondary N) is 2. The van der Waals surface area contributed by atoms with E-state index in [1.165, 1.54) is 0 Å². The first-order valence-electron chi connectivity index (χ1n) is 6.63. The van der Waals surface area contributed by atoms with Crippen molar-refractivity contribution in [1.29, 1.82) is 0 Å². The molecule has 0 fully saturated rings. The van der Waals surface area contributed by atoms with Gasteiger partial charge in [0.2, 0.25) is 0 Å². The second-order valence-electron chi connectivity index (χ2n) is 4.71. The molecule has 19 heavy (non-hydrogen) atoms. The third-order valence-corrected chi connectivity index (χ3v) is 2.89. The Morgan fingerprint density at radius 1 is 1.42 bits per heavy atom. The van der Waals surface area contributed by atoms with Crippen molar-refractivity contribution in [3.63, 3.8) is 0 Å². The van der Waals surface area contributed by atoms with Gasteiger partial charge in [-0.2, -0.15) is 0 Å². The van der Waals surface area contributed by atoms with Crippen molar-refractivity contribution in [3.05, 3.63) is 24.5 Å². The maximum absolute atomic E-state index is 5.55. The minimum absolute atomic E-state index is 0.380. The molecule has 1 aromatic heterocycles. The number of aliphatic imine (C=N–C) groups is 1. The highest BCUT2D eigenvalue weighted by atomic mass is 16.5. The zero-order chi connectivity index (χ0) is 14.1. The summed E-state index contributed by atoms with van der Waals surface area (Å²) < 4.78 is 5.55. The Morgan fingerprint density at radius 3 is 2.79 bits per heavy atom. The quantitative estimate of drug-likeness (QED) is 0.466. The van der Waals surface area contributed by atoms with Gasteiger partial charge in [-0.25, -0.2) is 0 Å². The first-order valence-corrected chi connectivity index (χ1v) is 6.63. The van der Waals surface area contributed by atoms with Gasteiger partial charge >= 0.3 is 0 Å². The van der Waals surface area contributed by atoms with Gasteiger partial charge in [-0.15, -0.1) is 0 Å². The van der Waals surface area contributed by atoms with Gasteiger partial charge in [0.15, 0.2) is 5.96 Å². The van der Waals surface area contributed by atoms with Crippen LogP contribution >= 0.6 is 0 Å². The van der Waals surface area contributed by atoms with E-state index in [2.05, 4.69) is 41.4 Å². The van der Waals surface area contributed by atoms with Crippen LogP contribution in [0.1, 0.15) is 20.8 Å². The molecule has 1 atom stereocenters. The lowest BCUT2D eigenvalue weighted by Crippen LogP contribution is -2.45. The monoisotopic (exact) mass is 264 g/mol. The molecule has 5 nitrogen and oxygen atoms in total. The van der Waals surface area contributed by atoms with E-state index in [4.69, 9.17) is 4.74 Å². The fourth-order valence-corrected chi connectivity index (χ4v) is 1.35. The summed E-state index contributed by atoms with van der Waals surface area (Å²) >= 11 is 0. The van der Waals surface area contributed by atoms with Crippen LogP contribution in [0.2, 0.25) is 0 Å². The molecule has 0 aliphatic heterocycles. The fourth-order valence-electron chi connectivity index (χ4n) is 1.35. The van der Waals surface area contributed by atoms with Crippen molar-refractivity contribution in [1.82, 2.24) is 15.6 Å². The molecule has 1 unspecified atom stereocenters. The second-order valence-corrected chi connectivity index (χ2v) is 4.71. The largest absolute Gasteiger partial charge is 0.490 e. The van der Waals surface area contributed by atoms with Crippen LogP contribution in [0.3, 0.4) is 0 Å². The molecule has 0 saturated heterocycles. The van der Waals surface area contributed by atoms with E-state index in [1.807, 2.05) is 12.1 Å². The van der Waals surface area contributed by atoms with E-state index in [1.54, 1.807) is 19.4 Å². The fraction of sp³-hybridized carbons (Fsp3) is 0.571. The number of aromatic nitrogens is 1. The number of hydrogen-bond donors (Lipinski definition) is 2. The van der Waals surface area contributed by atoms with Gasteiger partial charge in [0, 0.05) is 19.3 Å².